The van der Waals surface area contributed by atoms with E-state index >= 15 is 0 Å². The lowest BCUT2D eigenvalue weighted by atomic mass is 10.1. The Hall–Kier alpha value is -4.20. The van der Waals surface area contributed by atoms with Crippen molar-refractivity contribution in [1.29, 1.82) is 0 Å². The maximum absolute atomic E-state index is 11.3. The molecule has 0 saturated carbocycles. The van der Waals surface area contributed by atoms with Crippen molar-refractivity contribution in [2.24, 2.45) is 17.4 Å². The van der Waals surface area contributed by atoms with Crippen LogP contribution in [0.3, 0.4) is 0 Å². The molecule has 14 heteroatoms. The van der Waals surface area contributed by atoms with Crippen molar-refractivity contribution in [3.05, 3.63) is 29.8 Å². The van der Waals surface area contributed by atoms with Crippen LogP contribution < -0.4 is 38.1 Å². The molecule has 0 fully saturated rings. The molecule has 0 heterocycles. The van der Waals surface area contributed by atoms with E-state index in [2.05, 4.69) is 46.2 Å². The minimum absolute atomic E-state index is 0.0701. The third-order valence-electron chi connectivity index (χ3n) is 5.23. The molecular formula is C32H61N7O7. The van der Waals surface area contributed by atoms with Gasteiger partial charge in [0, 0.05) is 37.2 Å². The Morgan fingerprint density at radius 3 is 1.76 bits per heavy atom. The van der Waals surface area contributed by atoms with Crippen LogP contribution in [-0.4, -0.2) is 67.9 Å². The standard InChI is InChI=1S/C13H16N2O4.C10H22N2O.C4H10N2O.C3H7NO.C2H6/c1-2-13(18)19-8-10-3-5-11(6-4-10)15-12(17)7-14-9-16;1-7(2)9(5)12-10(13)6-11-8(3)4;1-2-3-6-4(5)7;1-2-3(4)5;1-2/h3-6,9H,2,7-8H2,1H3,(H,14,16)(H,15,17);7-9,11H,6H2,1-5H3,(H,12,13);2-3H2,1H3,(H3,5,6,7);2H2,1H3,(H2,4,5);1-2H3. The molecule has 0 aromatic heterocycles. The molecule has 0 saturated heterocycles. The zero-order valence-electron chi connectivity index (χ0n) is 29.6. The fraction of sp³-hybridized carbons (Fsp3) is 0.625. The molecule has 0 aliphatic rings. The molecule has 6 amide bonds. The first-order valence-electron chi connectivity index (χ1n) is 15.7. The maximum atomic E-state index is 11.3. The Morgan fingerprint density at radius 1 is 0.848 bits per heavy atom. The lowest BCUT2D eigenvalue weighted by Crippen LogP contribution is -2.42. The van der Waals surface area contributed by atoms with Gasteiger partial charge in [-0.1, -0.05) is 74.4 Å². The van der Waals surface area contributed by atoms with Crippen molar-refractivity contribution < 1.29 is 33.5 Å². The summed E-state index contributed by atoms with van der Waals surface area (Å²) in [4.78, 5) is 63.1. The topological polar surface area (TPSA) is 224 Å². The van der Waals surface area contributed by atoms with E-state index in [0.29, 0.717) is 50.0 Å². The highest BCUT2D eigenvalue weighted by Crippen LogP contribution is 2.10. The molecule has 0 spiro atoms. The van der Waals surface area contributed by atoms with Crippen LogP contribution in [0.25, 0.3) is 0 Å². The van der Waals surface area contributed by atoms with Gasteiger partial charge in [0.2, 0.25) is 24.1 Å². The van der Waals surface area contributed by atoms with Gasteiger partial charge in [-0.25, -0.2) is 4.79 Å². The van der Waals surface area contributed by atoms with Gasteiger partial charge in [0.25, 0.3) is 0 Å². The fourth-order valence-electron chi connectivity index (χ4n) is 2.31. The second-order valence-corrected chi connectivity index (χ2v) is 10.0. The number of ether oxygens (including phenoxy) is 1. The van der Waals surface area contributed by atoms with Crippen molar-refractivity contribution in [3.63, 3.8) is 0 Å². The van der Waals surface area contributed by atoms with Gasteiger partial charge in [0.1, 0.15) is 6.61 Å². The van der Waals surface area contributed by atoms with Crippen LogP contribution in [-0.2, 0) is 35.3 Å². The summed E-state index contributed by atoms with van der Waals surface area (Å²) in [5.41, 5.74) is 10.8. The second kappa shape index (κ2) is 33.7. The molecule has 1 aromatic rings. The zero-order valence-corrected chi connectivity index (χ0v) is 29.6. The van der Waals surface area contributed by atoms with E-state index in [-0.39, 0.29) is 42.9 Å². The lowest BCUT2D eigenvalue weighted by Gasteiger charge is -2.18. The third-order valence-corrected chi connectivity index (χ3v) is 5.23. The van der Waals surface area contributed by atoms with E-state index < -0.39 is 6.03 Å². The molecule has 1 aromatic carbocycles. The molecule has 0 aliphatic carbocycles. The molecule has 0 aliphatic heterocycles. The van der Waals surface area contributed by atoms with Gasteiger partial charge < -0.3 is 42.8 Å². The van der Waals surface area contributed by atoms with Crippen molar-refractivity contribution in [3.8, 4) is 0 Å². The number of hydrogen-bond donors (Lipinski definition) is 7. The van der Waals surface area contributed by atoms with Crippen molar-refractivity contribution in [2.75, 3.05) is 25.0 Å². The summed E-state index contributed by atoms with van der Waals surface area (Å²) in [7, 11) is 0. The number of carbonyl (C=O) groups is 6. The second-order valence-electron chi connectivity index (χ2n) is 10.0. The first kappa shape index (κ1) is 48.7. The number of amides is 6. The molecule has 0 radical (unpaired) electrons. The highest BCUT2D eigenvalue weighted by Gasteiger charge is 2.10. The van der Waals surface area contributed by atoms with Crippen LogP contribution in [0.1, 0.15) is 94.1 Å². The number of nitrogens with one attached hydrogen (secondary N) is 5. The molecule has 1 rings (SSSR count). The quantitative estimate of drug-likeness (QED) is 0.110. The van der Waals surface area contributed by atoms with E-state index in [1.807, 2.05) is 41.5 Å². The van der Waals surface area contributed by atoms with Crippen molar-refractivity contribution in [1.82, 2.24) is 21.3 Å². The van der Waals surface area contributed by atoms with Gasteiger partial charge in [0.05, 0.1) is 13.1 Å². The summed E-state index contributed by atoms with van der Waals surface area (Å²) in [5.74, 6) is -0.238. The Kier molecular flexibility index (Phi) is 35.7. The third kappa shape index (κ3) is 37.8. The number of primary amides is 2. The SMILES string of the molecule is CC.CC(C)NCC(=O)NC(C)C(C)C.CCC(=O)OCc1ccc(NC(=O)CNC=O)cc1.CCC(N)=O.CCCNC(N)=O. The van der Waals surface area contributed by atoms with E-state index in [9.17, 15) is 28.8 Å². The molecule has 14 nitrogen and oxygen atoms in total. The minimum atomic E-state index is -0.443. The Morgan fingerprint density at radius 2 is 1.39 bits per heavy atom. The largest absolute Gasteiger partial charge is 0.461 e. The Labute approximate surface area is 275 Å². The molecule has 46 heavy (non-hydrogen) atoms. The van der Waals surface area contributed by atoms with Crippen LogP contribution in [0.15, 0.2) is 24.3 Å². The van der Waals surface area contributed by atoms with Crippen molar-refractivity contribution >= 4 is 41.8 Å². The predicted molar refractivity (Wildman–Crippen MR) is 184 cm³/mol. The smallest absolute Gasteiger partial charge is 0.312 e. The first-order chi connectivity index (χ1) is 21.6. The minimum Gasteiger partial charge on any atom is -0.461 e. The molecule has 1 unspecified atom stereocenters. The number of rotatable bonds is 15. The van der Waals surface area contributed by atoms with Gasteiger partial charge in [-0.2, -0.15) is 0 Å². The number of carbonyl (C=O) groups excluding carboxylic acids is 6. The number of anilines is 1. The van der Waals surface area contributed by atoms with E-state index in [1.165, 1.54) is 0 Å². The zero-order chi connectivity index (χ0) is 36.5. The summed E-state index contributed by atoms with van der Waals surface area (Å²) in [6.07, 6.45) is 2.19. The van der Waals surface area contributed by atoms with Gasteiger partial charge in [-0.3, -0.25) is 24.0 Å². The van der Waals surface area contributed by atoms with Gasteiger partial charge in [-0.15, -0.1) is 0 Å². The highest BCUT2D eigenvalue weighted by molar-refractivity contribution is 5.93. The van der Waals surface area contributed by atoms with Crippen LogP contribution >= 0.6 is 0 Å². The van der Waals surface area contributed by atoms with E-state index in [4.69, 9.17) is 10.5 Å². The number of nitrogens with two attached hydrogens (primary N) is 2. The number of benzene rings is 1. The van der Waals surface area contributed by atoms with Gasteiger partial charge >= 0.3 is 12.0 Å². The number of urea groups is 1. The lowest BCUT2D eigenvalue weighted by molar-refractivity contribution is -0.144. The first-order valence-corrected chi connectivity index (χ1v) is 15.7. The number of hydrogen-bond acceptors (Lipinski definition) is 8. The maximum Gasteiger partial charge on any atom is 0.312 e. The van der Waals surface area contributed by atoms with E-state index in [0.717, 1.165) is 12.0 Å². The average Bonchev–Trinajstić information content (AvgIpc) is 3.03. The van der Waals surface area contributed by atoms with Crippen LogP contribution in [0.5, 0.6) is 0 Å². The number of esters is 1. The van der Waals surface area contributed by atoms with Gasteiger partial charge in [0.15, 0.2) is 0 Å². The van der Waals surface area contributed by atoms with Crippen LogP contribution in [0, 0.1) is 5.92 Å². The monoisotopic (exact) mass is 655 g/mol. The Bertz CT molecular complexity index is 957. The summed E-state index contributed by atoms with van der Waals surface area (Å²) in [6.45, 7) is 20.9. The highest BCUT2D eigenvalue weighted by atomic mass is 16.5. The average molecular weight is 656 g/mol. The summed E-state index contributed by atoms with van der Waals surface area (Å²) in [5, 5.41) is 13.3. The normalized spacial score (nSPS) is 9.91. The summed E-state index contributed by atoms with van der Waals surface area (Å²) >= 11 is 0. The van der Waals surface area contributed by atoms with Crippen LogP contribution in [0.4, 0.5) is 10.5 Å². The molecule has 266 valence electrons. The Balaban J connectivity index is -0.000000282. The van der Waals surface area contributed by atoms with Crippen molar-refractivity contribution in [2.45, 2.75) is 107 Å². The molecule has 1 atom stereocenters. The molecule has 0 bridgehead atoms. The predicted octanol–water partition coefficient (Wildman–Crippen LogP) is 2.94. The van der Waals surface area contributed by atoms with Gasteiger partial charge in [-0.05, 0) is 37.0 Å². The van der Waals surface area contributed by atoms with E-state index in [1.54, 1.807) is 38.1 Å². The summed E-state index contributed by atoms with van der Waals surface area (Å²) in [6, 6.07) is 7.09. The fourth-order valence-corrected chi connectivity index (χ4v) is 2.31. The molecule has 9 N–H and O–H groups in total. The summed E-state index contributed by atoms with van der Waals surface area (Å²) < 4.78 is 4.98. The van der Waals surface area contributed by atoms with Crippen LogP contribution in [0.2, 0.25) is 0 Å². The molecular weight excluding hydrogens is 594 g/mol.